The quantitative estimate of drug-likeness (QED) is 0.534. The molecule has 0 saturated carbocycles. The molecule has 0 rings (SSSR count). The van der Waals surface area contributed by atoms with Gasteiger partial charge < -0.3 is 5.11 Å². The van der Waals surface area contributed by atoms with Crippen molar-refractivity contribution < 1.29 is 5.11 Å². The summed E-state index contributed by atoms with van der Waals surface area (Å²) >= 11 is 4.31. The molecule has 0 aliphatic heterocycles. The molecule has 0 spiro atoms. The van der Waals surface area contributed by atoms with E-state index in [0.29, 0.717) is 12.8 Å². The van der Waals surface area contributed by atoms with Crippen LogP contribution in [0.5, 0.6) is 0 Å². The minimum absolute atomic E-state index is 0.0602. The molecule has 0 saturated heterocycles. The molecular formula is C4H7OS. The molecule has 0 fully saturated rings. The molecule has 0 aromatic carbocycles. The fourth-order valence-electron chi connectivity index (χ4n) is 0.151. The van der Waals surface area contributed by atoms with Crippen molar-refractivity contribution >= 4 is 17.3 Å². The Balaban J connectivity index is 2.83. The lowest BCUT2D eigenvalue weighted by Gasteiger charge is -1.83. The molecule has 35 valence electrons. The van der Waals surface area contributed by atoms with E-state index in [4.69, 9.17) is 5.11 Å². The van der Waals surface area contributed by atoms with Crippen LogP contribution in [0.3, 0.4) is 0 Å². The molecule has 0 aromatic heterocycles. The van der Waals surface area contributed by atoms with Gasteiger partial charge in [-0.05, 0) is 18.6 Å². The molecular weight excluding hydrogens is 96.1 g/mol. The highest BCUT2D eigenvalue weighted by atomic mass is 32.1. The van der Waals surface area contributed by atoms with Crippen molar-refractivity contribution in [2.75, 3.05) is 0 Å². The van der Waals surface area contributed by atoms with Crippen LogP contribution in [0.1, 0.15) is 12.8 Å². The van der Waals surface area contributed by atoms with Gasteiger partial charge in [0.15, 0.2) is 5.05 Å². The Morgan fingerprint density at radius 1 is 1.83 bits per heavy atom. The van der Waals surface area contributed by atoms with E-state index in [1.165, 1.54) is 0 Å². The zero-order valence-electron chi connectivity index (χ0n) is 3.48. The molecule has 1 radical (unpaired) electrons. The van der Waals surface area contributed by atoms with Crippen LogP contribution in [0.15, 0.2) is 0 Å². The van der Waals surface area contributed by atoms with Gasteiger partial charge in [0.05, 0.1) is 0 Å². The van der Waals surface area contributed by atoms with E-state index in [0.717, 1.165) is 0 Å². The average Bonchev–Trinajstić information content (AvgIpc) is 1.35. The number of rotatable bonds is 2. The minimum Gasteiger partial charge on any atom is -0.502 e. The molecule has 2 heteroatoms. The summed E-state index contributed by atoms with van der Waals surface area (Å²) in [5.74, 6) is 0. The topological polar surface area (TPSA) is 20.2 Å². The van der Waals surface area contributed by atoms with Crippen molar-refractivity contribution in [3.8, 4) is 0 Å². The molecule has 0 heterocycles. The van der Waals surface area contributed by atoms with Crippen LogP contribution in [-0.4, -0.2) is 10.2 Å². The molecule has 1 N–H and O–H groups in total. The molecule has 0 aliphatic rings. The summed E-state index contributed by atoms with van der Waals surface area (Å²) in [7, 11) is 0. The van der Waals surface area contributed by atoms with Crippen LogP contribution in [0.2, 0.25) is 0 Å². The number of aliphatic hydroxyl groups excluding tert-OH is 1. The molecule has 0 aromatic rings. The SMILES string of the molecule is [CH2]CCC(O)=S. The summed E-state index contributed by atoms with van der Waals surface area (Å²) in [5.41, 5.74) is 0. The van der Waals surface area contributed by atoms with E-state index in [2.05, 4.69) is 19.1 Å². The Labute approximate surface area is 43.0 Å². The molecule has 0 bridgehead atoms. The lowest BCUT2D eigenvalue weighted by atomic mass is 10.4. The van der Waals surface area contributed by atoms with Crippen molar-refractivity contribution in [1.29, 1.82) is 0 Å². The van der Waals surface area contributed by atoms with Gasteiger partial charge in [0.1, 0.15) is 0 Å². The van der Waals surface area contributed by atoms with E-state index in [-0.39, 0.29) is 5.05 Å². The van der Waals surface area contributed by atoms with Crippen molar-refractivity contribution in [2.45, 2.75) is 12.8 Å². The van der Waals surface area contributed by atoms with Gasteiger partial charge in [0.25, 0.3) is 0 Å². The summed E-state index contributed by atoms with van der Waals surface area (Å²) in [6.07, 6.45) is 1.24. The first-order chi connectivity index (χ1) is 2.77. The van der Waals surface area contributed by atoms with Gasteiger partial charge in [-0.3, -0.25) is 0 Å². The number of aliphatic hydroxyl groups is 1. The van der Waals surface area contributed by atoms with E-state index in [1.807, 2.05) is 0 Å². The maximum absolute atomic E-state index is 8.24. The van der Waals surface area contributed by atoms with E-state index in [1.54, 1.807) is 0 Å². The number of hydrogen-bond donors (Lipinski definition) is 1. The summed E-state index contributed by atoms with van der Waals surface area (Å²) < 4.78 is 0. The smallest absolute Gasteiger partial charge is 0.156 e. The normalized spacial score (nSPS) is 8.17. The molecule has 0 unspecified atom stereocenters. The maximum Gasteiger partial charge on any atom is 0.156 e. The van der Waals surface area contributed by atoms with Gasteiger partial charge in [-0.15, -0.1) is 0 Å². The second-order valence-electron chi connectivity index (χ2n) is 0.997. The Morgan fingerprint density at radius 2 is 2.33 bits per heavy atom. The monoisotopic (exact) mass is 103 g/mol. The lowest BCUT2D eigenvalue weighted by molar-refractivity contribution is 0.549. The Morgan fingerprint density at radius 3 is 2.33 bits per heavy atom. The van der Waals surface area contributed by atoms with Crippen molar-refractivity contribution in [1.82, 2.24) is 0 Å². The van der Waals surface area contributed by atoms with Gasteiger partial charge in [-0.25, -0.2) is 0 Å². The highest BCUT2D eigenvalue weighted by Gasteiger charge is 1.82. The first-order valence-corrected chi connectivity index (χ1v) is 2.19. The molecule has 0 aliphatic carbocycles. The average molecular weight is 103 g/mol. The fourth-order valence-corrected chi connectivity index (χ4v) is 0.296. The predicted molar refractivity (Wildman–Crippen MR) is 29.8 cm³/mol. The third-order valence-electron chi connectivity index (χ3n) is 0.391. The Hall–Kier alpha value is -0.110. The van der Waals surface area contributed by atoms with E-state index >= 15 is 0 Å². The van der Waals surface area contributed by atoms with Crippen LogP contribution in [0, 0.1) is 6.92 Å². The zero-order valence-corrected chi connectivity index (χ0v) is 4.29. The number of hydrogen-bond acceptors (Lipinski definition) is 1. The van der Waals surface area contributed by atoms with Gasteiger partial charge in [-0.1, -0.05) is 6.92 Å². The van der Waals surface area contributed by atoms with Gasteiger partial charge in [0, 0.05) is 6.42 Å². The third-order valence-corrected chi connectivity index (χ3v) is 0.595. The van der Waals surface area contributed by atoms with Crippen LogP contribution >= 0.6 is 12.2 Å². The Bertz CT molecular complexity index is 51.5. The number of thiocarbonyl (C=S) groups is 1. The fraction of sp³-hybridized carbons (Fsp3) is 0.500. The Kier molecular flexibility index (Phi) is 3.04. The summed E-state index contributed by atoms with van der Waals surface area (Å²) in [4.78, 5) is 0. The van der Waals surface area contributed by atoms with Crippen LogP contribution in [0.25, 0.3) is 0 Å². The van der Waals surface area contributed by atoms with Crippen LogP contribution < -0.4 is 0 Å². The molecule has 1 nitrogen and oxygen atoms in total. The summed E-state index contributed by atoms with van der Waals surface area (Å²) in [6.45, 7) is 3.48. The van der Waals surface area contributed by atoms with Crippen LogP contribution in [0.4, 0.5) is 0 Å². The first-order valence-electron chi connectivity index (χ1n) is 1.78. The van der Waals surface area contributed by atoms with Gasteiger partial charge in [-0.2, -0.15) is 0 Å². The van der Waals surface area contributed by atoms with Crippen molar-refractivity contribution in [2.24, 2.45) is 0 Å². The van der Waals surface area contributed by atoms with Crippen molar-refractivity contribution in [3.05, 3.63) is 6.92 Å². The van der Waals surface area contributed by atoms with E-state index < -0.39 is 0 Å². The first kappa shape index (κ1) is 5.89. The second kappa shape index (κ2) is 3.09. The molecule has 0 atom stereocenters. The molecule has 6 heavy (non-hydrogen) atoms. The highest BCUT2D eigenvalue weighted by Crippen LogP contribution is 1.84. The van der Waals surface area contributed by atoms with Crippen LogP contribution in [-0.2, 0) is 0 Å². The van der Waals surface area contributed by atoms with Gasteiger partial charge in [0.2, 0.25) is 0 Å². The summed E-state index contributed by atoms with van der Waals surface area (Å²) in [6, 6.07) is 0. The largest absolute Gasteiger partial charge is 0.502 e. The molecule has 0 amide bonds. The second-order valence-corrected chi connectivity index (χ2v) is 1.47. The standard InChI is InChI=1S/C4H7OS/c1-2-3-4(5)6/h1-3H2,(H,5,6). The summed E-state index contributed by atoms with van der Waals surface area (Å²) in [5, 5.41) is 8.30. The predicted octanol–water partition coefficient (Wildman–Crippen LogP) is 1.49. The lowest BCUT2D eigenvalue weighted by Crippen LogP contribution is -1.86. The van der Waals surface area contributed by atoms with E-state index in [9.17, 15) is 0 Å². The zero-order chi connectivity index (χ0) is 4.99. The highest BCUT2D eigenvalue weighted by molar-refractivity contribution is 7.80. The van der Waals surface area contributed by atoms with Crippen molar-refractivity contribution in [3.63, 3.8) is 0 Å². The minimum atomic E-state index is 0.0602. The van der Waals surface area contributed by atoms with Gasteiger partial charge >= 0.3 is 0 Å². The maximum atomic E-state index is 8.24. The third kappa shape index (κ3) is 3.89.